The molecule has 2 rings (SSSR count). The van der Waals surface area contributed by atoms with Crippen molar-refractivity contribution in [1.29, 1.82) is 0 Å². The number of nitrogens with one attached hydrogen (secondary N) is 1. The number of hydrogen-bond acceptors (Lipinski definition) is 4. The van der Waals surface area contributed by atoms with Crippen LogP contribution in [0.15, 0.2) is 22.0 Å². The molecule has 6 heteroatoms. The Balaban J connectivity index is 1.89. The quantitative estimate of drug-likeness (QED) is 0.862. The van der Waals surface area contributed by atoms with E-state index in [4.69, 9.17) is 11.6 Å². The normalized spacial score (nSPS) is 10.5. The van der Waals surface area contributed by atoms with Crippen LogP contribution in [0.4, 0.5) is 5.82 Å². The highest BCUT2D eigenvalue weighted by Crippen LogP contribution is 2.22. The Morgan fingerprint density at radius 3 is 2.88 bits per heavy atom. The van der Waals surface area contributed by atoms with Gasteiger partial charge in [0.05, 0.1) is 3.79 Å². The smallest absolute Gasteiger partial charge is 0.224 e. The lowest BCUT2D eigenvalue weighted by Gasteiger charge is -2.05. The predicted molar refractivity (Wildman–Crippen MR) is 76.0 cm³/mol. The van der Waals surface area contributed by atoms with Crippen molar-refractivity contribution in [2.45, 2.75) is 13.3 Å². The van der Waals surface area contributed by atoms with Crippen LogP contribution in [0.2, 0.25) is 5.28 Å². The molecule has 0 atom stereocenters. The van der Waals surface area contributed by atoms with E-state index in [0.29, 0.717) is 0 Å². The molecule has 1 N–H and O–H groups in total. The molecular formula is C11H11BrClN3S. The molecule has 0 bridgehead atoms. The zero-order valence-electron chi connectivity index (χ0n) is 9.20. The SMILES string of the molecule is Cc1cc(NCCc2ccc(Br)s2)nc(Cl)n1. The van der Waals surface area contributed by atoms with E-state index >= 15 is 0 Å². The van der Waals surface area contributed by atoms with Crippen molar-refractivity contribution in [2.24, 2.45) is 0 Å². The first kappa shape index (κ1) is 12.8. The van der Waals surface area contributed by atoms with E-state index in [-0.39, 0.29) is 5.28 Å². The third kappa shape index (κ3) is 3.94. The maximum atomic E-state index is 5.78. The minimum atomic E-state index is 0.284. The van der Waals surface area contributed by atoms with Crippen molar-refractivity contribution < 1.29 is 0 Å². The Hall–Kier alpha value is -0.650. The zero-order chi connectivity index (χ0) is 12.3. The summed E-state index contributed by atoms with van der Waals surface area (Å²) in [4.78, 5) is 9.46. The third-order valence-corrected chi connectivity index (χ3v) is 3.99. The molecule has 0 radical (unpaired) electrons. The summed E-state index contributed by atoms with van der Waals surface area (Å²) in [5, 5.41) is 3.52. The van der Waals surface area contributed by atoms with Gasteiger partial charge >= 0.3 is 0 Å². The minimum absolute atomic E-state index is 0.284. The molecule has 0 unspecified atom stereocenters. The highest BCUT2D eigenvalue weighted by Gasteiger charge is 2.01. The maximum absolute atomic E-state index is 5.78. The van der Waals surface area contributed by atoms with E-state index < -0.39 is 0 Å². The molecular weight excluding hydrogens is 322 g/mol. The second-order valence-electron chi connectivity index (χ2n) is 3.55. The summed E-state index contributed by atoms with van der Waals surface area (Å²) in [5.41, 5.74) is 0.867. The molecule has 3 nitrogen and oxygen atoms in total. The van der Waals surface area contributed by atoms with Gasteiger partial charge in [0.1, 0.15) is 5.82 Å². The fraction of sp³-hybridized carbons (Fsp3) is 0.273. The molecule has 0 aliphatic rings. The summed E-state index contributed by atoms with van der Waals surface area (Å²) in [6.07, 6.45) is 0.969. The number of halogens is 2. The summed E-state index contributed by atoms with van der Waals surface area (Å²) in [5.74, 6) is 0.776. The number of hydrogen-bond donors (Lipinski definition) is 1. The molecule has 0 spiro atoms. The van der Waals surface area contributed by atoms with Crippen molar-refractivity contribution in [3.63, 3.8) is 0 Å². The summed E-state index contributed by atoms with van der Waals surface area (Å²) < 4.78 is 1.16. The van der Waals surface area contributed by atoms with Crippen LogP contribution in [0.1, 0.15) is 10.6 Å². The van der Waals surface area contributed by atoms with Crippen LogP contribution in [0, 0.1) is 6.92 Å². The molecule has 17 heavy (non-hydrogen) atoms. The van der Waals surface area contributed by atoms with Gasteiger partial charge in [0.2, 0.25) is 5.28 Å². The van der Waals surface area contributed by atoms with E-state index in [1.165, 1.54) is 4.88 Å². The molecule has 0 fully saturated rings. The first-order valence-electron chi connectivity index (χ1n) is 5.13. The Morgan fingerprint density at radius 1 is 1.41 bits per heavy atom. The molecule has 0 aromatic carbocycles. The minimum Gasteiger partial charge on any atom is -0.370 e. The first-order chi connectivity index (χ1) is 8.13. The van der Waals surface area contributed by atoms with Crippen molar-refractivity contribution >= 4 is 44.7 Å². The van der Waals surface area contributed by atoms with Crippen LogP contribution in [0.5, 0.6) is 0 Å². The summed E-state index contributed by atoms with van der Waals surface area (Å²) in [6.45, 7) is 2.73. The molecule has 2 aromatic heterocycles. The van der Waals surface area contributed by atoms with Gasteiger partial charge in [0.15, 0.2) is 0 Å². The van der Waals surface area contributed by atoms with Crippen LogP contribution >= 0.6 is 38.9 Å². The van der Waals surface area contributed by atoms with E-state index in [9.17, 15) is 0 Å². The van der Waals surface area contributed by atoms with Gasteiger partial charge in [0, 0.05) is 23.2 Å². The Bertz CT molecular complexity index is 495. The standard InChI is InChI=1S/C11H11BrClN3S/c1-7-6-10(16-11(13)15-7)14-5-4-8-2-3-9(12)17-8/h2-3,6H,4-5H2,1H3,(H,14,15,16). The maximum Gasteiger partial charge on any atom is 0.224 e. The van der Waals surface area contributed by atoms with Crippen molar-refractivity contribution in [1.82, 2.24) is 9.97 Å². The molecule has 0 aliphatic heterocycles. The molecule has 2 aromatic rings. The highest BCUT2D eigenvalue weighted by molar-refractivity contribution is 9.11. The van der Waals surface area contributed by atoms with Gasteiger partial charge in [-0.05, 0) is 53.0 Å². The van der Waals surface area contributed by atoms with Gasteiger partial charge in [-0.1, -0.05) is 0 Å². The van der Waals surface area contributed by atoms with E-state index in [2.05, 4.69) is 43.3 Å². The fourth-order valence-corrected chi connectivity index (χ4v) is 3.13. The first-order valence-corrected chi connectivity index (χ1v) is 7.11. The third-order valence-electron chi connectivity index (χ3n) is 2.13. The average molecular weight is 333 g/mol. The van der Waals surface area contributed by atoms with E-state index in [1.54, 1.807) is 11.3 Å². The lowest BCUT2D eigenvalue weighted by molar-refractivity contribution is 1.01. The number of nitrogens with zero attached hydrogens (tertiary/aromatic N) is 2. The number of aromatic nitrogens is 2. The largest absolute Gasteiger partial charge is 0.370 e. The van der Waals surface area contributed by atoms with Crippen LogP contribution in [-0.4, -0.2) is 16.5 Å². The van der Waals surface area contributed by atoms with E-state index in [1.807, 2.05) is 13.0 Å². The summed E-state index contributed by atoms with van der Waals surface area (Å²) in [6, 6.07) is 6.07. The lowest BCUT2D eigenvalue weighted by Crippen LogP contribution is -2.06. The number of thiophene rings is 1. The zero-order valence-corrected chi connectivity index (χ0v) is 12.4. The summed E-state index contributed by atoms with van der Waals surface area (Å²) >= 11 is 11.0. The van der Waals surface area contributed by atoms with Gasteiger partial charge < -0.3 is 5.32 Å². The number of rotatable bonds is 4. The van der Waals surface area contributed by atoms with Crippen LogP contribution in [0.3, 0.4) is 0 Å². The second kappa shape index (κ2) is 5.80. The predicted octanol–water partition coefficient (Wildman–Crippen LogP) is 3.92. The van der Waals surface area contributed by atoms with Gasteiger partial charge in [-0.25, -0.2) is 9.97 Å². The number of aryl methyl sites for hydroxylation is 1. The Morgan fingerprint density at radius 2 is 2.24 bits per heavy atom. The van der Waals surface area contributed by atoms with Crippen LogP contribution in [0.25, 0.3) is 0 Å². The molecule has 0 amide bonds. The highest BCUT2D eigenvalue weighted by atomic mass is 79.9. The Labute approximate surface area is 117 Å². The van der Waals surface area contributed by atoms with E-state index in [0.717, 1.165) is 28.3 Å². The fourth-order valence-electron chi connectivity index (χ4n) is 1.42. The monoisotopic (exact) mass is 331 g/mol. The summed E-state index contributed by atoms with van der Waals surface area (Å²) in [7, 11) is 0. The van der Waals surface area contributed by atoms with Crippen molar-refractivity contribution in [2.75, 3.05) is 11.9 Å². The topological polar surface area (TPSA) is 37.8 Å². The van der Waals surface area contributed by atoms with Gasteiger partial charge in [-0.2, -0.15) is 0 Å². The number of anilines is 1. The lowest BCUT2D eigenvalue weighted by atomic mass is 10.3. The molecule has 0 saturated heterocycles. The van der Waals surface area contributed by atoms with Gasteiger partial charge in [-0.15, -0.1) is 11.3 Å². The molecule has 0 saturated carbocycles. The molecule has 90 valence electrons. The molecule has 0 aliphatic carbocycles. The average Bonchev–Trinajstić information content (AvgIpc) is 2.63. The van der Waals surface area contributed by atoms with Crippen LogP contribution < -0.4 is 5.32 Å². The van der Waals surface area contributed by atoms with Gasteiger partial charge in [0.25, 0.3) is 0 Å². The van der Waals surface area contributed by atoms with Crippen molar-refractivity contribution in [3.05, 3.63) is 37.8 Å². The van der Waals surface area contributed by atoms with Crippen molar-refractivity contribution in [3.8, 4) is 0 Å². The second-order valence-corrected chi connectivity index (χ2v) is 6.43. The van der Waals surface area contributed by atoms with Crippen LogP contribution in [-0.2, 0) is 6.42 Å². The molecule has 2 heterocycles. The van der Waals surface area contributed by atoms with Gasteiger partial charge in [-0.3, -0.25) is 0 Å². The Kier molecular flexibility index (Phi) is 4.36.